The Morgan fingerprint density at radius 2 is 2.26 bits per heavy atom. The zero-order valence-corrected chi connectivity index (χ0v) is 11.7. The van der Waals surface area contributed by atoms with E-state index in [1.54, 1.807) is 7.11 Å². The summed E-state index contributed by atoms with van der Waals surface area (Å²) in [6, 6.07) is 2.50. The second-order valence-electron chi connectivity index (χ2n) is 4.84. The number of aryl methyl sites for hydroxylation is 1. The molecule has 19 heavy (non-hydrogen) atoms. The quantitative estimate of drug-likeness (QED) is 0.545. The van der Waals surface area contributed by atoms with Crippen LogP contribution in [-0.2, 0) is 11.2 Å². The summed E-state index contributed by atoms with van der Waals surface area (Å²) in [5.74, 6) is 7.96. The van der Waals surface area contributed by atoms with Crippen LogP contribution in [-0.4, -0.2) is 36.3 Å². The molecule has 1 aliphatic carbocycles. The molecule has 0 spiro atoms. The maximum atomic E-state index is 5.49. The molecule has 1 fully saturated rings. The summed E-state index contributed by atoms with van der Waals surface area (Å²) in [6.07, 6.45) is 4.34. The fraction of sp³-hybridized carbons (Fsp3) is 0.692. The van der Waals surface area contributed by atoms with Gasteiger partial charge in [-0.05, 0) is 19.3 Å². The molecule has 0 aliphatic heterocycles. The number of ether oxygens (including phenoxy) is 1. The van der Waals surface area contributed by atoms with Crippen LogP contribution in [0.1, 0.15) is 32.0 Å². The molecule has 1 heterocycles. The maximum Gasteiger partial charge on any atom is 0.145 e. The highest BCUT2D eigenvalue weighted by atomic mass is 16.5. The van der Waals surface area contributed by atoms with Gasteiger partial charge >= 0.3 is 0 Å². The second-order valence-corrected chi connectivity index (χ2v) is 4.84. The van der Waals surface area contributed by atoms with E-state index >= 15 is 0 Å². The summed E-state index contributed by atoms with van der Waals surface area (Å²) in [4.78, 5) is 11.3. The van der Waals surface area contributed by atoms with E-state index in [0.29, 0.717) is 18.5 Å². The number of methoxy groups -OCH3 is 1. The monoisotopic (exact) mass is 265 g/mol. The van der Waals surface area contributed by atoms with Gasteiger partial charge in [0.15, 0.2) is 0 Å². The first kappa shape index (κ1) is 14.0. The molecule has 0 saturated heterocycles. The molecule has 6 heteroatoms. The van der Waals surface area contributed by atoms with Crippen molar-refractivity contribution in [1.29, 1.82) is 0 Å². The molecule has 0 amide bonds. The summed E-state index contributed by atoms with van der Waals surface area (Å²) in [5.41, 5.74) is 2.63. The summed E-state index contributed by atoms with van der Waals surface area (Å²) in [6.45, 7) is 3.68. The van der Waals surface area contributed by atoms with E-state index in [2.05, 4.69) is 27.2 Å². The van der Waals surface area contributed by atoms with Gasteiger partial charge in [-0.2, -0.15) is 0 Å². The number of rotatable bonds is 8. The van der Waals surface area contributed by atoms with Gasteiger partial charge in [-0.15, -0.1) is 0 Å². The van der Waals surface area contributed by atoms with Crippen molar-refractivity contribution in [1.82, 2.24) is 9.97 Å². The van der Waals surface area contributed by atoms with Crippen LogP contribution in [0.2, 0.25) is 0 Å². The number of nitrogens with two attached hydrogens (primary N) is 1. The molecule has 0 bridgehead atoms. The molecule has 0 atom stereocenters. The van der Waals surface area contributed by atoms with Crippen LogP contribution in [0.15, 0.2) is 6.07 Å². The molecular formula is C13H23N5O. The van der Waals surface area contributed by atoms with Crippen molar-refractivity contribution >= 4 is 11.6 Å². The van der Waals surface area contributed by atoms with E-state index in [1.165, 1.54) is 12.8 Å². The first-order valence-corrected chi connectivity index (χ1v) is 6.88. The Morgan fingerprint density at radius 3 is 2.84 bits per heavy atom. The van der Waals surface area contributed by atoms with E-state index in [0.717, 1.165) is 31.0 Å². The molecule has 0 radical (unpaired) electrons. The van der Waals surface area contributed by atoms with Gasteiger partial charge in [-0.25, -0.2) is 15.8 Å². The zero-order chi connectivity index (χ0) is 13.7. The predicted molar refractivity (Wildman–Crippen MR) is 76.1 cm³/mol. The lowest BCUT2D eigenvalue weighted by Crippen LogP contribution is -2.31. The summed E-state index contributed by atoms with van der Waals surface area (Å²) in [7, 11) is 1.72. The predicted octanol–water partition coefficient (Wildman–Crippen LogP) is 1.33. The van der Waals surface area contributed by atoms with Crippen molar-refractivity contribution in [3.63, 3.8) is 0 Å². The van der Waals surface area contributed by atoms with Crippen molar-refractivity contribution in [2.24, 2.45) is 5.84 Å². The van der Waals surface area contributed by atoms with Crippen LogP contribution in [0, 0.1) is 0 Å². The molecule has 106 valence electrons. The van der Waals surface area contributed by atoms with E-state index in [4.69, 9.17) is 10.6 Å². The van der Waals surface area contributed by atoms with Gasteiger partial charge in [0.25, 0.3) is 0 Å². The van der Waals surface area contributed by atoms with Gasteiger partial charge in [-0.3, -0.25) is 0 Å². The Labute approximate surface area is 114 Å². The lowest BCUT2D eigenvalue weighted by atomic mass is 10.3. The average molecular weight is 265 g/mol. The number of aromatic nitrogens is 2. The average Bonchev–Trinajstić information content (AvgIpc) is 3.24. The molecule has 6 nitrogen and oxygen atoms in total. The van der Waals surface area contributed by atoms with Crippen LogP contribution in [0.5, 0.6) is 0 Å². The Hall–Kier alpha value is -1.40. The molecule has 3 N–H and O–H groups in total. The summed E-state index contributed by atoms with van der Waals surface area (Å²) in [5, 5.41) is 0. The van der Waals surface area contributed by atoms with Crippen molar-refractivity contribution in [3.05, 3.63) is 11.9 Å². The third-order valence-electron chi connectivity index (χ3n) is 3.20. The van der Waals surface area contributed by atoms with Crippen LogP contribution in [0.4, 0.5) is 11.6 Å². The summed E-state index contributed by atoms with van der Waals surface area (Å²) >= 11 is 0. The molecule has 1 aromatic heterocycles. The molecule has 2 rings (SSSR count). The van der Waals surface area contributed by atoms with E-state index in [-0.39, 0.29) is 0 Å². The highest BCUT2D eigenvalue weighted by molar-refractivity contribution is 5.50. The van der Waals surface area contributed by atoms with Gasteiger partial charge in [-0.1, -0.05) is 6.92 Å². The zero-order valence-electron chi connectivity index (χ0n) is 11.7. The van der Waals surface area contributed by atoms with E-state index in [1.807, 2.05) is 6.07 Å². The van der Waals surface area contributed by atoms with E-state index in [9.17, 15) is 0 Å². The van der Waals surface area contributed by atoms with Crippen molar-refractivity contribution in [2.75, 3.05) is 30.6 Å². The number of hydrazine groups is 1. The highest BCUT2D eigenvalue weighted by Crippen LogP contribution is 2.31. The normalized spacial score (nSPS) is 14.5. The van der Waals surface area contributed by atoms with Gasteiger partial charge in [0.2, 0.25) is 0 Å². The number of nitrogen functional groups attached to an aromatic ring is 1. The van der Waals surface area contributed by atoms with Crippen molar-refractivity contribution in [2.45, 2.75) is 38.6 Å². The maximum absolute atomic E-state index is 5.49. The molecule has 0 aromatic carbocycles. The van der Waals surface area contributed by atoms with Crippen molar-refractivity contribution < 1.29 is 4.74 Å². The fourth-order valence-electron chi connectivity index (χ4n) is 2.10. The smallest absolute Gasteiger partial charge is 0.145 e. The van der Waals surface area contributed by atoms with Gasteiger partial charge < -0.3 is 15.1 Å². The Balaban J connectivity index is 2.21. The minimum atomic E-state index is 0.588. The summed E-state index contributed by atoms with van der Waals surface area (Å²) < 4.78 is 5.18. The number of anilines is 2. The third kappa shape index (κ3) is 3.78. The molecular weight excluding hydrogens is 242 g/mol. The minimum Gasteiger partial charge on any atom is -0.383 e. The van der Waals surface area contributed by atoms with Crippen LogP contribution in [0.25, 0.3) is 0 Å². The Bertz CT molecular complexity index is 408. The Kier molecular flexibility index (Phi) is 4.93. The third-order valence-corrected chi connectivity index (χ3v) is 3.20. The standard InChI is InChI=1S/C13H23N5O/c1-3-4-11-15-12(17-14)9-13(16-11)18(7-8-19-2)10-5-6-10/h9-10H,3-8,14H2,1-2H3,(H,15,16,17). The first-order valence-electron chi connectivity index (χ1n) is 6.88. The number of nitrogens with one attached hydrogen (secondary N) is 1. The first-order chi connectivity index (χ1) is 9.28. The molecule has 1 aromatic rings. The number of hydrogen-bond acceptors (Lipinski definition) is 6. The minimum absolute atomic E-state index is 0.588. The van der Waals surface area contributed by atoms with Crippen molar-refractivity contribution in [3.8, 4) is 0 Å². The largest absolute Gasteiger partial charge is 0.383 e. The van der Waals surface area contributed by atoms with Crippen LogP contribution in [0.3, 0.4) is 0 Å². The highest BCUT2D eigenvalue weighted by Gasteiger charge is 2.30. The van der Waals surface area contributed by atoms with Crippen LogP contribution >= 0.6 is 0 Å². The fourth-order valence-corrected chi connectivity index (χ4v) is 2.10. The van der Waals surface area contributed by atoms with Gasteiger partial charge in [0.1, 0.15) is 17.5 Å². The van der Waals surface area contributed by atoms with Crippen LogP contribution < -0.4 is 16.2 Å². The van der Waals surface area contributed by atoms with Gasteiger partial charge in [0, 0.05) is 32.2 Å². The van der Waals surface area contributed by atoms with Gasteiger partial charge in [0.05, 0.1) is 6.61 Å². The topological polar surface area (TPSA) is 76.3 Å². The lowest BCUT2D eigenvalue weighted by Gasteiger charge is -2.24. The lowest BCUT2D eigenvalue weighted by molar-refractivity contribution is 0.204. The molecule has 1 aliphatic rings. The van der Waals surface area contributed by atoms with E-state index < -0.39 is 0 Å². The molecule has 0 unspecified atom stereocenters. The molecule has 1 saturated carbocycles. The SMILES string of the molecule is CCCc1nc(NN)cc(N(CCOC)C2CC2)n1. The Morgan fingerprint density at radius 1 is 1.47 bits per heavy atom. The number of nitrogens with zero attached hydrogens (tertiary/aromatic N) is 3. The number of hydrogen-bond donors (Lipinski definition) is 2. The second kappa shape index (κ2) is 6.68.